The van der Waals surface area contributed by atoms with Gasteiger partial charge in [0.2, 0.25) is 0 Å². The lowest BCUT2D eigenvalue weighted by molar-refractivity contribution is 0.0945. The molecule has 0 bridgehead atoms. The average Bonchev–Trinajstić information content (AvgIpc) is 3.28. The largest absolute Gasteiger partial charge is 0.343 e. The van der Waals surface area contributed by atoms with Gasteiger partial charge in [0.25, 0.3) is 5.91 Å². The van der Waals surface area contributed by atoms with Gasteiger partial charge in [0.1, 0.15) is 5.82 Å². The minimum Gasteiger partial charge on any atom is -0.343 e. The van der Waals surface area contributed by atoms with Crippen molar-refractivity contribution in [2.45, 2.75) is 20.0 Å². The molecule has 136 valence electrons. The number of rotatable bonds is 5. The Morgan fingerprint density at radius 1 is 1.26 bits per heavy atom. The highest BCUT2D eigenvalue weighted by Crippen LogP contribution is 2.17. The molecule has 0 saturated heterocycles. The van der Waals surface area contributed by atoms with Crippen LogP contribution >= 0.6 is 11.6 Å². The second-order valence-electron chi connectivity index (χ2n) is 6.26. The Morgan fingerprint density at radius 2 is 2.11 bits per heavy atom. The summed E-state index contributed by atoms with van der Waals surface area (Å²) in [5.74, 6) is 0.345. The highest BCUT2D eigenvalue weighted by molar-refractivity contribution is 6.31. The molecule has 0 radical (unpaired) electrons. The number of aryl methyl sites for hydroxylation is 1. The molecule has 0 fully saturated rings. The minimum absolute atomic E-state index is 0.260. The SMILES string of the molecule is Cc1ccccc1Cn1cc(C(=O)NCc2nc3ccc(Cl)cc3[nH]2)nn1. The van der Waals surface area contributed by atoms with Gasteiger partial charge in [-0.1, -0.05) is 41.1 Å². The number of H-pyrrole nitrogens is 1. The molecule has 8 heteroatoms. The third-order valence-corrected chi connectivity index (χ3v) is 4.51. The van der Waals surface area contributed by atoms with E-state index in [1.54, 1.807) is 23.0 Å². The Kier molecular flexibility index (Phi) is 4.60. The molecule has 2 heterocycles. The summed E-state index contributed by atoms with van der Waals surface area (Å²) in [7, 11) is 0. The fraction of sp³-hybridized carbons (Fsp3) is 0.158. The van der Waals surface area contributed by atoms with Crippen LogP contribution in [-0.4, -0.2) is 30.9 Å². The van der Waals surface area contributed by atoms with Crippen molar-refractivity contribution in [3.63, 3.8) is 0 Å². The van der Waals surface area contributed by atoms with Crippen LogP contribution in [0.1, 0.15) is 27.4 Å². The Balaban J connectivity index is 1.41. The van der Waals surface area contributed by atoms with Gasteiger partial charge in [-0.25, -0.2) is 9.67 Å². The van der Waals surface area contributed by atoms with Crippen molar-refractivity contribution in [1.82, 2.24) is 30.3 Å². The summed E-state index contributed by atoms with van der Waals surface area (Å²) in [5, 5.41) is 11.4. The van der Waals surface area contributed by atoms with E-state index in [4.69, 9.17) is 11.6 Å². The lowest BCUT2D eigenvalue weighted by atomic mass is 10.1. The summed E-state index contributed by atoms with van der Waals surface area (Å²) in [6.07, 6.45) is 1.64. The Labute approximate surface area is 160 Å². The van der Waals surface area contributed by atoms with E-state index in [2.05, 4.69) is 25.6 Å². The van der Waals surface area contributed by atoms with Gasteiger partial charge in [-0.05, 0) is 36.2 Å². The fourth-order valence-electron chi connectivity index (χ4n) is 2.81. The molecule has 2 aromatic heterocycles. The number of nitrogens with zero attached hydrogens (tertiary/aromatic N) is 4. The third-order valence-electron chi connectivity index (χ3n) is 4.27. The van der Waals surface area contributed by atoms with E-state index in [0.29, 0.717) is 17.4 Å². The highest BCUT2D eigenvalue weighted by atomic mass is 35.5. The quantitative estimate of drug-likeness (QED) is 0.556. The predicted octanol–water partition coefficient (Wildman–Crippen LogP) is 3.09. The number of benzene rings is 2. The molecule has 2 aromatic carbocycles. The number of carbonyl (C=O) groups excluding carboxylic acids is 1. The second kappa shape index (κ2) is 7.20. The van der Waals surface area contributed by atoms with Gasteiger partial charge < -0.3 is 10.3 Å². The molecule has 2 N–H and O–H groups in total. The first-order valence-corrected chi connectivity index (χ1v) is 8.83. The lowest BCUT2D eigenvalue weighted by Crippen LogP contribution is -2.23. The van der Waals surface area contributed by atoms with Crippen LogP contribution in [-0.2, 0) is 13.1 Å². The zero-order chi connectivity index (χ0) is 18.8. The van der Waals surface area contributed by atoms with Crippen molar-refractivity contribution in [2.75, 3.05) is 0 Å². The molecule has 4 aromatic rings. The van der Waals surface area contributed by atoms with Crippen molar-refractivity contribution in [2.24, 2.45) is 0 Å². The lowest BCUT2D eigenvalue weighted by Gasteiger charge is -2.04. The van der Waals surface area contributed by atoms with E-state index in [1.165, 1.54) is 5.56 Å². The summed E-state index contributed by atoms with van der Waals surface area (Å²) >= 11 is 5.97. The monoisotopic (exact) mass is 380 g/mol. The second-order valence-corrected chi connectivity index (χ2v) is 6.69. The number of fused-ring (bicyclic) bond motifs is 1. The third kappa shape index (κ3) is 3.83. The maximum atomic E-state index is 12.3. The normalized spacial score (nSPS) is 11.0. The molecule has 0 unspecified atom stereocenters. The van der Waals surface area contributed by atoms with Gasteiger partial charge >= 0.3 is 0 Å². The molecule has 0 aliphatic heterocycles. The Bertz CT molecular complexity index is 1120. The Hall–Kier alpha value is -3.19. The van der Waals surface area contributed by atoms with Crippen molar-refractivity contribution in [3.05, 3.63) is 76.3 Å². The van der Waals surface area contributed by atoms with Crippen LogP contribution in [0.25, 0.3) is 11.0 Å². The maximum Gasteiger partial charge on any atom is 0.273 e. The molecule has 1 amide bonds. The number of aromatic amines is 1. The number of imidazole rings is 1. The van der Waals surface area contributed by atoms with Crippen molar-refractivity contribution < 1.29 is 4.79 Å². The molecule has 0 aliphatic rings. The molecule has 7 nitrogen and oxygen atoms in total. The summed E-state index contributed by atoms with van der Waals surface area (Å²) in [4.78, 5) is 19.9. The average molecular weight is 381 g/mol. The number of halogens is 1. The van der Waals surface area contributed by atoms with Gasteiger partial charge in [-0.3, -0.25) is 4.79 Å². The summed E-state index contributed by atoms with van der Waals surface area (Å²) in [5.41, 5.74) is 4.20. The van der Waals surface area contributed by atoms with Gasteiger partial charge in [-0.2, -0.15) is 0 Å². The number of aromatic nitrogens is 5. The molecule has 0 aliphatic carbocycles. The Morgan fingerprint density at radius 3 is 2.96 bits per heavy atom. The smallest absolute Gasteiger partial charge is 0.273 e. The van der Waals surface area contributed by atoms with Crippen LogP contribution in [0.3, 0.4) is 0 Å². The molecule has 4 rings (SSSR count). The van der Waals surface area contributed by atoms with E-state index in [9.17, 15) is 4.79 Å². The number of hydrogen-bond donors (Lipinski definition) is 2. The molecule has 27 heavy (non-hydrogen) atoms. The number of nitrogens with one attached hydrogen (secondary N) is 2. The van der Waals surface area contributed by atoms with Crippen LogP contribution in [0.5, 0.6) is 0 Å². The zero-order valence-corrected chi connectivity index (χ0v) is 15.4. The van der Waals surface area contributed by atoms with Gasteiger partial charge in [0, 0.05) is 5.02 Å². The van der Waals surface area contributed by atoms with E-state index in [-0.39, 0.29) is 18.1 Å². The van der Waals surface area contributed by atoms with E-state index in [1.807, 2.05) is 37.3 Å². The fourth-order valence-corrected chi connectivity index (χ4v) is 2.99. The molecular formula is C19H17ClN6O. The van der Waals surface area contributed by atoms with Crippen LogP contribution < -0.4 is 5.32 Å². The molecule has 0 spiro atoms. The summed E-state index contributed by atoms with van der Waals surface area (Å²) < 4.78 is 1.65. The van der Waals surface area contributed by atoms with E-state index >= 15 is 0 Å². The van der Waals surface area contributed by atoms with Crippen LogP contribution in [0.2, 0.25) is 5.02 Å². The number of amides is 1. The van der Waals surface area contributed by atoms with Crippen molar-refractivity contribution >= 4 is 28.5 Å². The molecule has 0 atom stereocenters. The van der Waals surface area contributed by atoms with Crippen LogP contribution in [0, 0.1) is 6.92 Å². The van der Waals surface area contributed by atoms with E-state index in [0.717, 1.165) is 16.6 Å². The van der Waals surface area contributed by atoms with Gasteiger partial charge in [-0.15, -0.1) is 5.10 Å². The summed E-state index contributed by atoms with van der Waals surface area (Å²) in [6.45, 7) is 2.87. The summed E-state index contributed by atoms with van der Waals surface area (Å²) in [6, 6.07) is 13.5. The van der Waals surface area contributed by atoms with Gasteiger partial charge in [0.15, 0.2) is 5.69 Å². The van der Waals surface area contributed by atoms with Crippen LogP contribution in [0.15, 0.2) is 48.7 Å². The van der Waals surface area contributed by atoms with E-state index < -0.39 is 0 Å². The first kappa shape index (κ1) is 17.2. The minimum atomic E-state index is -0.301. The van der Waals surface area contributed by atoms with Crippen molar-refractivity contribution in [3.8, 4) is 0 Å². The highest BCUT2D eigenvalue weighted by Gasteiger charge is 2.12. The number of hydrogen-bond acceptors (Lipinski definition) is 4. The zero-order valence-electron chi connectivity index (χ0n) is 14.6. The van der Waals surface area contributed by atoms with Gasteiger partial charge in [0.05, 0.1) is 30.3 Å². The first-order valence-electron chi connectivity index (χ1n) is 8.45. The first-order chi connectivity index (χ1) is 13.1. The number of carbonyl (C=O) groups is 1. The molecular weight excluding hydrogens is 364 g/mol. The maximum absolute atomic E-state index is 12.3. The van der Waals surface area contributed by atoms with Crippen molar-refractivity contribution in [1.29, 1.82) is 0 Å². The molecule has 0 saturated carbocycles. The topological polar surface area (TPSA) is 88.5 Å². The standard InChI is InChI=1S/C19H17ClN6O/c1-12-4-2-3-5-13(12)10-26-11-17(24-25-26)19(27)21-9-18-22-15-7-6-14(20)8-16(15)23-18/h2-8,11H,9-10H2,1H3,(H,21,27)(H,22,23). The van der Waals surface area contributed by atoms with Crippen LogP contribution in [0.4, 0.5) is 0 Å². The predicted molar refractivity (Wildman–Crippen MR) is 103 cm³/mol.